The second-order valence-corrected chi connectivity index (χ2v) is 5.95. The molecule has 0 bridgehead atoms. The molecule has 1 aliphatic heterocycles. The lowest BCUT2D eigenvalue weighted by Crippen LogP contribution is -2.38. The minimum Gasteiger partial charge on any atom is -0.490 e. The maximum absolute atomic E-state index is 12.8. The number of methoxy groups -OCH3 is 2. The van der Waals surface area contributed by atoms with Crippen LogP contribution in [0.2, 0.25) is 0 Å². The first-order chi connectivity index (χ1) is 13.4. The van der Waals surface area contributed by atoms with Crippen LogP contribution in [0.5, 0.6) is 5.75 Å². The number of esters is 3. The van der Waals surface area contributed by atoms with Gasteiger partial charge in [0.05, 0.1) is 25.4 Å². The van der Waals surface area contributed by atoms with Gasteiger partial charge in [0.15, 0.2) is 0 Å². The molecular formula is C20H23NO7. The maximum atomic E-state index is 12.8. The number of para-hydroxylation sites is 1. The zero-order chi connectivity index (χ0) is 20.7. The Morgan fingerprint density at radius 2 is 1.43 bits per heavy atom. The van der Waals surface area contributed by atoms with Gasteiger partial charge in [-0.3, -0.25) is 4.79 Å². The van der Waals surface area contributed by atoms with E-state index in [1.807, 2.05) is 18.2 Å². The summed E-state index contributed by atoms with van der Waals surface area (Å²) in [6.07, 6.45) is 0. The lowest BCUT2D eigenvalue weighted by molar-refractivity contribution is -0.151. The molecule has 0 radical (unpaired) electrons. The standard InChI is InChI=1S/C20H23NO7/c1-12-15(18(22)25-3)17(16(13(2)21-12)19(23)26-4)20(24)28-11-10-27-14-8-6-5-7-9-14/h5-9,17,21H,10-11H2,1-4H3. The number of nitrogens with one attached hydrogen (secondary N) is 1. The zero-order valence-corrected chi connectivity index (χ0v) is 16.2. The highest BCUT2D eigenvalue weighted by Crippen LogP contribution is 2.32. The Kier molecular flexibility index (Phi) is 7.20. The number of carbonyl (C=O) groups is 3. The second-order valence-electron chi connectivity index (χ2n) is 5.95. The quantitative estimate of drug-likeness (QED) is 0.427. The minimum absolute atomic E-state index is 0.00229. The fraction of sp³-hybridized carbons (Fsp3) is 0.350. The number of ether oxygens (including phenoxy) is 4. The van der Waals surface area contributed by atoms with E-state index in [-0.39, 0.29) is 24.4 Å². The molecule has 150 valence electrons. The molecule has 0 saturated carbocycles. The van der Waals surface area contributed by atoms with Crippen molar-refractivity contribution in [3.63, 3.8) is 0 Å². The summed E-state index contributed by atoms with van der Waals surface area (Å²) in [6, 6.07) is 9.05. The molecule has 0 aromatic heterocycles. The molecule has 28 heavy (non-hydrogen) atoms. The van der Waals surface area contributed by atoms with E-state index in [9.17, 15) is 14.4 Å². The molecule has 1 aliphatic rings. The molecule has 0 atom stereocenters. The Hall–Kier alpha value is -3.29. The van der Waals surface area contributed by atoms with Gasteiger partial charge in [0.2, 0.25) is 0 Å². The van der Waals surface area contributed by atoms with Crippen molar-refractivity contribution in [1.82, 2.24) is 5.32 Å². The summed E-state index contributed by atoms with van der Waals surface area (Å²) in [6.45, 7) is 3.29. The lowest BCUT2D eigenvalue weighted by Gasteiger charge is -2.28. The number of carbonyl (C=O) groups excluding carboxylic acids is 3. The van der Waals surface area contributed by atoms with Crippen molar-refractivity contribution in [2.45, 2.75) is 13.8 Å². The number of hydrogen-bond donors (Lipinski definition) is 1. The molecular weight excluding hydrogens is 366 g/mol. The molecule has 1 aromatic carbocycles. The van der Waals surface area contributed by atoms with Crippen molar-refractivity contribution in [3.05, 3.63) is 52.9 Å². The van der Waals surface area contributed by atoms with Gasteiger partial charge in [-0.1, -0.05) is 18.2 Å². The SMILES string of the molecule is COC(=O)C1=C(C)NC(C)=C(C(=O)OC)C1C(=O)OCCOc1ccccc1. The summed E-state index contributed by atoms with van der Waals surface area (Å²) in [5.74, 6) is -2.85. The highest BCUT2D eigenvalue weighted by Gasteiger charge is 2.42. The Morgan fingerprint density at radius 3 is 1.93 bits per heavy atom. The van der Waals surface area contributed by atoms with Gasteiger partial charge in [-0.2, -0.15) is 0 Å². The van der Waals surface area contributed by atoms with Gasteiger partial charge >= 0.3 is 17.9 Å². The highest BCUT2D eigenvalue weighted by atomic mass is 16.6. The largest absolute Gasteiger partial charge is 0.490 e. The Balaban J connectivity index is 2.17. The van der Waals surface area contributed by atoms with Gasteiger partial charge < -0.3 is 24.3 Å². The van der Waals surface area contributed by atoms with E-state index < -0.39 is 23.8 Å². The van der Waals surface area contributed by atoms with Crippen molar-refractivity contribution in [2.24, 2.45) is 5.92 Å². The molecule has 1 heterocycles. The zero-order valence-electron chi connectivity index (χ0n) is 16.2. The normalized spacial score (nSPS) is 14.3. The molecule has 0 aliphatic carbocycles. The van der Waals surface area contributed by atoms with Gasteiger partial charge in [0.1, 0.15) is 24.9 Å². The number of dihydropyridines is 1. The fourth-order valence-electron chi connectivity index (χ4n) is 2.89. The predicted molar refractivity (Wildman–Crippen MR) is 99.0 cm³/mol. The molecule has 0 spiro atoms. The minimum atomic E-state index is -1.25. The Morgan fingerprint density at radius 1 is 0.893 bits per heavy atom. The van der Waals surface area contributed by atoms with Gasteiger partial charge in [-0.15, -0.1) is 0 Å². The monoisotopic (exact) mass is 389 g/mol. The summed E-state index contributed by atoms with van der Waals surface area (Å²) in [5, 5.41) is 2.91. The number of benzene rings is 1. The summed E-state index contributed by atoms with van der Waals surface area (Å²) in [7, 11) is 2.39. The first kappa shape index (κ1) is 21.0. The third-order valence-electron chi connectivity index (χ3n) is 4.15. The number of rotatable bonds is 7. The van der Waals surface area contributed by atoms with E-state index in [1.165, 1.54) is 14.2 Å². The molecule has 1 aromatic rings. The van der Waals surface area contributed by atoms with Gasteiger partial charge in [0.25, 0.3) is 0 Å². The van der Waals surface area contributed by atoms with E-state index in [4.69, 9.17) is 18.9 Å². The van der Waals surface area contributed by atoms with Crippen LogP contribution in [0.3, 0.4) is 0 Å². The van der Waals surface area contributed by atoms with E-state index >= 15 is 0 Å². The van der Waals surface area contributed by atoms with Crippen molar-refractivity contribution in [3.8, 4) is 5.75 Å². The van der Waals surface area contributed by atoms with Crippen LogP contribution >= 0.6 is 0 Å². The predicted octanol–water partition coefficient (Wildman–Crippen LogP) is 1.72. The lowest BCUT2D eigenvalue weighted by atomic mass is 9.85. The Bertz CT molecular complexity index is 773. The van der Waals surface area contributed by atoms with Crippen LogP contribution in [0.25, 0.3) is 0 Å². The van der Waals surface area contributed by atoms with Crippen molar-refractivity contribution in [2.75, 3.05) is 27.4 Å². The van der Waals surface area contributed by atoms with Crippen LogP contribution in [-0.4, -0.2) is 45.3 Å². The molecule has 0 unspecified atom stereocenters. The van der Waals surface area contributed by atoms with Gasteiger partial charge in [-0.05, 0) is 26.0 Å². The first-order valence-corrected chi connectivity index (χ1v) is 8.60. The van der Waals surface area contributed by atoms with E-state index in [0.29, 0.717) is 17.1 Å². The number of hydrogen-bond acceptors (Lipinski definition) is 8. The summed E-state index contributed by atoms with van der Waals surface area (Å²) in [4.78, 5) is 37.3. The summed E-state index contributed by atoms with van der Waals surface area (Å²) in [5.41, 5.74) is 0.809. The van der Waals surface area contributed by atoms with E-state index in [1.54, 1.807) is 26.0 Å². The molecule has 0 fully saturated rings. The summed E-state index contributed by atoms with van der Waals surface area (Å²) >= 11 is 0. The second kappa shape index (κ2) is 9.59. The third kappa shape index (κ3) is 4.70. The van der Waals surface area contributed by atoms with Crippen molar-refractivity contribution < 1.29 is 33.3 Å². The summed E-state index contributed by atoms with van der Waals surface area (Å²) < 4.78 is 20.3. The third-order valence-corrected chi connectivity index (χ3v) is 4.15. The number of allylic oxidation sites excluding steroid dienone is 2. The molecule has 2 rings (SSSR count). The van der Waals surface area contributed by atoms with Crippen LogP contribution in [0.1, 0.15) is 13.8 Å². The van der Waals surface area contributed by atoms with Gasteiger partial charge in [0, 0.05) is 11.4 Å². The topological polar surface area (TPSA) is 100 Å². The molecule has 0 amide bonds. The van der Waals surface area contributed by atoms with Crippen molar-refractivity contribution in [1.29, 1.82) is 0 Å². The van der Waals surface area contributed by atoms with Gasteiger partial charge in [-0.25, -0.2) is 9.59 Å². The fourth-order valence-corrected chi connectivity index (χ4v) is 2.89. The van der Waals surface area contributed by atoms with Crippen LogP contribution in [0.4, 0.5) is 0 Å². The average Bonchev–Trinajstić information content (AvgIpc) is 2.70. The first-order valence-electron chi connectivity index (χ1n) is 8.60. The molecule has 0 saturated heterocycles. The van der Waals surface area contributed by atoms with Crippen LogP contribution in [0, 0.1) is 5.92 Å². The van der Waals surface area contributed by atoms with E-state index in [2.05, 4.69) is 5.32 Å². The van der Waals surface area contributed by atoms with Crippen LogP contribution in [-0.2, 0) is 28.6 Å². The molecule has 1 N–H and O–H groups in total. The van der Waals surface area contributed by atoms with Crippen molar-refractivity contribution >= 4 is 17.9 Å². The van der Waals surface area contributed by atoms with Crippen LogP contribution in [0.15, 0.2) is 52.9 Å². The molecule has 8 heteroatoms. The van der Waals surface area contributed by atoms with E-state index in [0.717, 1.165) is 0 Å². The van der Waals surface area contributed by atoms with Crippen LogP contribution < -0.4 is 10.1 Å². The Labute approximate surface area is 163 Å². The molecule has 8 nitrogen and oxygen atoms in total. The smallest absolute Gasteiger partial charge is 0.336 e. The maximum Gasteiger partial charge on any atom is 0.336 e. The highest BCUT2D eigenvalue weighted by molar-refractivity contribution is 6.05. The average molecular weight is 389 g/mol.